The first-order valence-corrected chi connectivity index (χ1v) is 7.11. The number of aliphatic hydroxyl groups is 1. The van der Waals surface area contributed by atoms with E-state index >= 15 is 0 Å². The molecule has 0 fully saturated rings. The molecular formula is C17H20N2O2. The molecule has 2 N–H and O–H groups in total. The Hall–Kier alpha value is -2.04. The summed E-state index contributed by atoms with van der Waals surface area (Å²) in [7, 11) is 0. The van der Waals surface area contributed by atoms with Gasteiger partial charge in [0.15, 0.2) is 5.78 Å². The molecule has 2 aromatic rings. The van der Waals surface area contributed by atoms with E-state index in [1.807, 2.05) is 30.3 Å². The van der Waals surface area contributed by atoms with Gasteiger partial charge in [-0.2, -0.15) is 0 Å². The molecular weight excluding hydrogens is 264 g/mol. The number of rotatable bonds is 8. The van der Waals surface area contributed by atoms with Crippen molar-refractivity contribution < 1.29 is 9.90 Å². The van der Waals surface area contributed by atoms with Crippen molar-refractivity contribution in [3.8, 4) is 0 Å². The Morgan fingerprint density at radius 2 is 1.86 bits per heavy atom. The van der Waals surface area contributed by atoms with Gasteiger partial charge in [0.1, 0.15) is 0 Å². The summed E-state index contributed by atoms with van der Waals surface area (Å²) in [6, 6.07) is 13.4. The molecule has 0 aliphatic rings. The van der Waals surface area contributed by atoms with E-state index in [1.165, 1.54) is 5.56 Å². The number of aromatic nitrogens is 1. The van der Waals surface area contributed by atoms with Gasteiger partial charge >= 0.3 is 0 Å². The molecule has 0 aliphatic carbocycles. The quantitative estimate of drug-likeness (QED) is 0.726. The summed E-state index contributed by atoms with van der Waals surface area (Å²) in [5, 5.41) is 12.6. The van der Waals surface area contributed by atoms with Crippen LogP contribution in [0.1, 0.15) is 22.3 Å². The molecule has 0 saturated carbocycles. The van der Waals surface area contributed by atoms with Crippen LogP contribution in [0.15, 0.2) is 54.9 Å². The molecule has 4 nitrogen and oxygen atoms in total. The largest absolute Gasteiger partial charge is 0.395 e. The molecule has 0 amide bonds. The number of ketones is 1. The maximum absolute atomic E-state index is 11.9. The molecule has 0 saturated heterocycles. The number of Topliss-reactive ketones (excluding diaryl/α,β-unsaturated/α-hetero) is 1. The Bertz CT molecular complexity index is 543. The lowest BCUT2D eigenvalue weighted by Crippen LogP contribution is -2.35. The lowest BCUT2D eigenvalue weighted by Gasteiger charge is -2.16. The molecule has 0 spiro atoms. The molecule has 21 heavy (non-hydrogen) atoms. The number of aliphatic hydroxyl groups excluding tert-OH is 1. The third-order valence-electron chi connectivity index (χ3n) is 3.33. The Kier molecular flexibility index (Phi) is 6.06. The normalized spacial score (nSPS) is 12.0. The molecule has 0 aliphatic heterocycles. The van der Waals surface area contributed by atoms with Crippen LogP contribution < -0.4 is 5.32 Å². The van der Waals surface area contributed by atoms with Crippen molar-refractivity contribution in [3.05, 3.63) is 66.0 Å². The van der Waals surface area contributed by atoms with E-state index in [1.54, 1.807) is 24.5 Å². The van der Waals surface area contributed by atoms with Gasteiger partial charge in [-0.05, 0) is 24.1 Å². The number of pyridine rings is 1. The molecule has 1 aromatic carbocycles. The van der Waals surface area contributed by atoms with E-state index in [4.69, 9.17) is 0 Å². The Balaban J connectivity index is 1.77. The van der Waals surface area contributed by atoms with E-state index < -0.39 is 0 Å². The van der Waals surface area contributed by atoms with Gasteiger partial charge in [0.2, 0.25) is 0 Å². The smallest absolute Gasteiger partial charge is 0.164 e. The van der Waals surface area contributed by atoms with Gasteiger partial charge in [-0.1, -0.05) is 30.3 Å². The van der Waals surface area contributed by atoms with E-state index in [0.717, 1.165) is 6.42 Å². The summed E-state index contributed by atoms with van der Waals surface area (Å²) in [6.45, 7) is 0.609. The summed E-state index contributed by atoms with van der Waals surface area (Å²) >= 11 is 0. The Morgan fingerprint density at radius 1 is 1.14 bits per heavy atom. The SMILES string of the molecule is O=C(CCNC(CO)Cc1ccccc1)c1ccncc1. The van der Waals surface area contributed by atoms with Gasteiger partial charge < -0.3 is 10.4 Å². The van der Waals surface area contributed by atoms with Crippen molar-refractivity contribution in [1.82, 2.24) is 10.3 Å². The highest BCUT2D eigenvalue weighted by Crippen LogP contribution is 2.04. The molecule has 1 heterocycles. The number of carbonyl (C=O) groups excluding carboxylic acids is 1. The predicted octanol–water partition coefficient (Wildman–Crippen LogP) is 1.85. The predicted molar refractivity (Wildman–Crippen MR) is 82.2 cm³/mol. The van der Waals surface area contributed by atoms with Crippen LogP contribution in [0.4, 0.5) is 0 Å². The Morgan fingerprint density at radius 3 is 2.52 bits per heavy atom. The van der Waals surface area contributed by atoms with Gasteiger partial charge in [-0.15, -0.1) is 0 Å². The number of hydrogen-bond donors (Lipinski definition) is 2. The molecule has 2 rings (SSSR count). The third-order valence-corrected chi connectivity index (χ3v) is 3.33. The average molecular weight is 284 g/mol. The summed E-state index contributed by atoms with van der Waals surface area (Å²) in [4.78, 5) is 15.8. The molecule has 110 valence electrons. The zero-order valence-electron chi connectivity index (χ0n) is 11.9. The highest BCUT2D eigenvalue weighted by Gasteiger charge is 2.10. The summed E-state index contributed by atoms with van der Waals surface area (Å²) in [5.41, 5.74) is 1.85. The van der Waals surface area contributed by atoms with Crippen LogP contribution in [0.3, 0.4) is 0 Å². The Labute approximate surface area is 124 Å². The van der Waals surface area contributed by atoms with Gasteiger partial charge in [-0.3, -0.25) is 9.78 Å². The molecule has 0 radical (unpaired) electrons. The molecule has 1 aromatic heterocycles. The minimum atomic E-state index is -0.0300. The minimum absolute atomic E-state index is 0.0300. The van der Waals surface area contributed by atoms with Gasteiger partial charge in [0.05, 0.1) is 6.61 Å². The number of benzene rings is 1. The molecule has 0 bridgehead atoms. The molecule has 4 heteroatoms. The second kappa shape index (κ2) is 8.29. The maximum Gasteiger partial charge on any atom is 0.164 e. The number of carbonyl (C=O) groups is 1. The fraction of sp³-hybridized carbons (Fsp3) is 0.294. The zero-order valence-corrected chi connectivity index (χ0v) is 11.9. The average Bonchev–Trinajstić information content (AvgIpc) is 2.55. The fourth-order valence-corrected chi connectivity index (χ4v) is 2.17. The van der Waals surface area contributed by atoms with Crippen molar-refractivity contribution in [1.29, 1.82) is 0 Å². The van der Waals surface area contributed by atoms with Crippen LogP contribution >= 0.6 is 0 Å². The first-order chi connectivity index (χ1) is 10.3. The van der Waals surface area contributed by atoms with E-state index in [-0.39, 0.29) is 18.4 Å². The van der Waals surface area contributed by atoms with Crippen molar-refractivity contribution in [3.63, 3.8) is 0 Å². The van der Waals surface area contributed by atoms with Crippen molar-refractivity contribution in [2.75, 3.05) is 13.2 Å². The van der Waals surface area contributed by atoms with E-state index in [9.17, 15) is 9.90 Å². The lowest BCUT2D eigenvalue weighted by atomic mass is 10.1. The van der Waals surface area contributed by atoms with Gasteiger partial charge in [0, 0.05) is 37.0 Å². The second-order valence-corrected chi connectivity index (χ2v) is 4.93. The van der Waals surface area contributed by atoms with Crippen molar-refractivity contribution in [2.24, 2.45) is 0 Å². The first kappa shape index (κ1) is 15.4. The van der Waals surface area contributed by atoms with Gasteiger partial charge in [-0.25, -0.2) is 0 Å². The number of nitrogens with one attached hydrogen (secondary N) is 1. The standard InChI is InChI=1S/C17H20N2O2/c20-13-16(12-14-4-2-1-3-5-14)19-11-8-17(21)15-6-9-18-10-7-15/h1-7,9-10,16,19-20H,8,11-13H2. The van der Waals surface area contributed by atoms with E-state index in [2.05, 4.69) is 10.3 Å². The van der Waals surface area contributed by atoms with Crippen LogP contribution in [0.2, 0.25) is 0 Å². The molecule has 1 atom stereocenters. The summed E-state index contributed by atoms with van der Waals surface area (Å²) < 4.78 is 0. The van der Waals surface area contributed by atoms with E-state index in [0.29, 0.717) is 18.5 Å². The number of nitrogens with zero attached hydrogens (tertiary/aromatic N) is 1. The minimum Gasteiger partial charge on any atom is -0.395 e. The van der Waals surface area contributed by atoms with Crippen LogP contribution in [-0.2, 0) is 6.42 Å². The highest BCUT2D eigenvalue weighted by atomic mass is 16.3. The highest BCUT2D eigenvalue weighted by molar-refractivity contribution is 5.95. The molecule has 1 unspecified atom stereocenters. The third kappa shape index (κ3) is 5.10. The second-order valence-electron chi connectivity index (χ2n) is 4.93. The first-order valence-electron chi connectivity index (χ1n) is 7.11. The van der Waals surface area contributed by atoms with Crippen LogP contribution in [-0.4, -0.2) is 35.1 Å². The zero-order chi connectivity index (χ0) is 14.9. The van der Waals surface area contributed by atoms with Crippen LogP contribution in [0.5, 0.6) is 0 Å². The summed E-state index contributed by atoms with van der Waals surface area (Å²) in [6.07, 6.45) is 4.40. The number of hydrogen-bond acceptors (Lipinski definition) is 4. The maximum atomic E-state index is 11.9. The monoisotopic (exact) mass is 284 g/mol. The van der Waals surface area contributed by atoms with Gasteiger partial charge in [0.25, 0.3) is 0 Å². The topological polar surface area (TPSA) is 62.2 Å². The van der Waals surface area contributed by atoms with Crippen LogP contribution in [0.25, 0.3) is 0 Å². The van der Waals surface area contributed by atoms with Crippen molar-refractivity contribution >= 4 is 5.78 Å². The summed E-state index contributed by atoms with van der Waals surface area (Å²) in [5.74, 6) is 0.0845. The lowest BCUT2D eigenvalue weighted by molar-refractivity contribution is 0.0980. The fourth-order valence-electron chi connectivity index (χ4n) is 2.17. The van der Waals surface area contributed by atoms with Crippen LogP contribution in [0, 0.1) is 0 Å². The van der Waals surface area contributed by atoms with Crippen molar-refractivity contribution in [2.45, 2.75) is 18.9 Å².